The molecule has 2 heterocycles. The maximum absolute atomic E-state index is 13.9. The molecular formula is C30H26N2O4S. The second-order valence-corrected chi connectivity index (χ2v) is 9.36. The van der Waals surface area contributed by atoms with E-state index in [4.69, 9.17) is 14.5 Å². The fourth-order valence-corrected chi connectivity index (χ4v) is 5.40. The Bertz CT molecular complexity index is 1640. The van der Waals surface area contributed by atoms with Gasteiger partial charge in [-0.3, -0.25) is 9.36 Å². The van der Waals surface area contributed by atoms with E-state index >= 15 is 0 Å². The molecule has 0 bridgehead atoms. The summed E-state index contributed by atoms with van der Waals surface area (Å²) in [5.41, 5.74) is 3.08. The van der Waals surface area contributed by atoms with Crippen LogP contribution in [0.5, 0.6) is 5.75 Å². The second-order valence-electron chi connectivity index (χ2n) is 8.35. The van der Waals surface area contributed by atoms with E-state index in [2.05, 4.69) is 0 Å². The van der Waals surface area contributed by atoms with Gasteiger partial charge in [-0.2, -0.15) is 0 Å². The summed E-state index contributed by atoms with van der Waals surface area (Å²) in [5, 5.41) is 0. The first-order valence-corrected chi connectivity index (χ1v) is 13.0. The minimum absolute atomic E-state index is 0.215. The van der Waals surface area contributed by atoms with Gasteiger partial charge >= 0.3 is 5.97 Å². The first-order chi connectivity index (χ1) is 18.1. The molecule has 7 heteroatoms. The molecule has 0 saturated carbocycles. The molecule has 6 nitrogen and oxygen atoms in total. The van der Waals surface area contributed by atoms with Crippen molar-refractivity contribution in [1.29, 1.82) is 0 Å². The lowest BCUT2D eigenvalue weighted by molar-refractivity contribution is -0.138. The van der Waals surface area contributed by atoms with Crippen LogP contribution in [-0.2, 0) is 9.53 Å². The van der Waals surface area contributed by atoms with E-state index in [0.29, 0.717) is 27.2 Å². The number of esters is 1. The van der Waals surface area contributed by atoms with Crippen molar-refractivity contribution in [1.82, 2.24) is 4.57 Å². The van der Waals surface area contributed by atoms with Crippen molar-refractivity contribution < 1.29 is 14.3 Å². The van der Waals surface area contributed by atoms with Crippen molar-refractivity contribution in [3.05, 3.63) is 127 Å². The van der Waals surface area contributed by atoms with Crippen LogP contribution in [0.25, 0.3) is 11.8 Å². The molecule has 1 aliphatic rings. The Kier molecular flexibility index (Phi) is 7.14. The summed E-state index contributed by atoms with van der Waals surface area (Å²) in [7, 11) is 0. The zero-order valence-corrected chi connectivity index (χ0v) is 21.4. The Morgan fingerprint density at radius 1 is 0.973 bits per heavy atom. The zero-order valence-electron chi connectivity index (χ0n) is 20.6. The maximum atomic E-state index is 13.9. The van der Waals surface area contributed by atoms with E-state index < -0.39 is 12.0 Å². The number of fused-ring (bicyclic) bond motifs is 1. The van der Waals surface area contributed by atoms with Crippen LogP contribution in [0, 0.1) is 0 Å². The molecule has 0 saturated heterocycles. The lowest BCUT2D eigenvalue weighted by atomic mass is 9.93. The highest BCUT2D eigenvalue weighted by atomic mass is 32.1. The smallest absolute Gasteiger partial charge is 0.338 e. The first-order valence-electron chi connectivity index (χ1n) is 12.2. The van der Waals surface area contributed by atoms with Crippen molar-refractivity contribution in [2.24, 2.45) is 4.99 Å². The van der Waals surface area contributed by atoms with Crippen LogP contribution >= 0.6 is 11.3 Å². The number of thiazole rings is 1. The Hall–Kier alpha value is -4.23. The Morgan fingerprint density at radius 2 is 1.70 bits per heavy atom. The first kappa shape index (κ1) is 24.5. The summed E-state index contributed by atoms with van der Waals surface area (Å²) in [4.78, 5) is 32.7. The topological polar surface area (TPSA) is 69.9 Å². The van der Waals surface area contributed by atoms with Gasteiger partial charge in [-0.15, -0.1) is 0 Å². The number of aromatic nitrogens is 1. The molecule has 0 N–H and O–H groups in total. The van der Waals surface area contributed by atoms with Gasteiger partial charge in [-0.1, -0.05) is 84.1 Å². The Morgan fingerprint density at radius 3 is 2.41 bits per heavy atom. The summed E-state index contributed by atoms with van der Waals surface area (Å²) >= 11 is 1.30. The van der Waals surface area contributed by atoms with E-state index in [9.17, 15) is 9.59 Å². The molecule has 0 radical (unpaired) electrons. The second kappa shape index (κ2) is 10.8. The van der Waals surface area contributed by atoms with Crippen molar-refractivity contribution in [2.75, 3.05) is 13.2 Å². The normalized spacial score (nSPS) is 15.2. The van der Waals surface area contributed by atoms with Crippen molar-refractivity contribution in [3.63, 3.8) is 0 Å². The van der Waals surface area contributed by atoms with Gasteiger partial charge in [0, 0.05) is 5.56 Å². The molecule has 0 aliphatic carbocycles. The summed E-state index contributed by atoms with van der Waals surface area (Å²) in [6, 6.07) is 26.0. The quantitative estimate of drug-likeness (QED) is 0.347. The number of hydrogen-bond donors (Lipinski definition) is 0. The van der Waals surface area contributed by atoms with E-state index in [0.717, 1.165) is 22.4 Å². The third-order valence-electron chi connectivity index (χ3n) is 5.96. The number of hydrogen-bond acceptors (Lipinski definition) is 6. The fraction of sp³-hybridized carbons (Fsp3) is 0.167. The van der Waals surface area contributed by atoms with Crippen LogP contribution in [0.4, 0.5) is 0 Å². The molecule has 186 valence electrons. The van der Waals surface area contributed by atoms with Gasteiger partial charge in [-0.05, 0) is 43.2 Å². The van der Waals surface area contributed by atoms with Gasteiger partial charge in [0.1, 0.15) is 5.75 Å². The molecule has 1 atom stereocenters. The SMILES string of the molecule is CCOC(=O)C1=C(c2ccccc2)N=c2s/c(=C\c3cccc(OCC)c3)c(=O)n2[C@@H]1c1ccccc1. The zero-order chi connectivity index (χ0) is 25.8. The summed E-state index contributed by atoms with van der Waals surface area (Å²) < 4.78 is 13.2. The Balaban J connectivity index is 1.78. The van der Waals surface area contributed by atoms with Gasteiger partial charge in [0.2, 0.25) is 0 Å². The highest BCUT2D eigenvalue weighted by Crippen LogP contribution is 2.35. The predicted octanol–water partition coefficient (Wildman–Crippen LogP) is 4.33. The van der Waals surface area contributed by atoms with E-state index in [1.807, 2.05) is 97.9 Å². The van der Waals surface area contributed by atoms with Crippen molar-refractivity contribution in [3.8, 4) is 5.75 Å². The molecule has 37 heavy (non-hydrogen) atoms. The number of carbonyl (C=O) groups excluding carboxylic acids is 1. The number of benzene rings is 3. The molecule has 1 aromatic heterocycles. The van der Waals surface area contributed by atoms with Crippen LogP contribution in [-0.4, -0.2) is 23.8 Å². The van der Waals surface area contributed by atoms with Gasteiger partial charge in [0.05, 0.1) is 35.1 Å². The number of ether oxygens (including phenoxy) is 2. The number of carbonyl (C=O) groups is 1. The molecule has 1 aliphatic heterocycles. The van der Waals surface area contributed by atoms with E-state index in [1.165, 1.54) is 11.3 Å². The van der Waals surface area contributed by atoms with Gasteiger partial charge in [0.25, 0.3) is 5.56 Å². The third-order valence-corrected chi connectivity index (χ3v) is 6.94. The summed E-state index contributed by atoms with van der Waals surface area (Å²) in [6.07, 6.45) is 1.84. The molecule has 0 fully saturated rings. The standard InChI is InChI=1S/C30H26N2O4S/c1-3-35-23-17-11-12-20(18-23)19-24-28(33)32-27(22-15-9-6-10-16-22)25(29(34)36-4-2)26(31-30(32)37-24)21-13-7-5-8-14-21/h5-19,27H,3-4H2,1-2H3/b24-19-/t27-/m1/s1. The highest BCUT2D eigenvalue weighted by molar-refractivity contribution is 7.07. The van der Waals surface area contributed by atoms with E-state index in [1.54, 1.807) is 11.5 Å². The fourth-order valence-electron chi connectivity index (χ4n) is 4.40. The average molecular weight is 511 g/mol. The minimum atomic E-state index is -0.677. The lowest BCUT2D eigenvalue weighted by Crippen LogP contribution is -2.39. The van der Waals surface area contributed by atoms with Gasteiger partial charge < -0.3 is 9.47 Å². The summed E-state index contributed by atoms with van der Waals surface area (Å²) in [5.74, 6) is 0.250. The van der Waals surface area contributed by atoms with E-state index in [-0.39, 0.29) is 12.2 Å². The molecule has 3 aromatic carbocycles. The van der Waals surface area contributed by atoms with Crippen molar-refractivity contribution >= 4 is 29.1 Å². The predicted molar refractivity (Wildman–Crippen MR) is 145 cm³/mol. The molecular weight excluding hydrogens is 484 g/mol. The van der Waals surface area contributed by atoms with Crippen LogP contribution in [0.2, 0.25) is 0 Å². The van der Waals surface area contributed by atoms with Crippen LogP contribution in [0.3, 0.4) is 0 Å². The van der Waals surface area contributed by atoms with Gasteiger partial charge in [-0.25, -0.2) is 9.79 Å². The molecule has 0 spiro atoms. The van der Waals surface area contributed by atoms with Gasteiger partial charge in [0.15, 0.2) is 4.80 Å². The Labute approximate surface area is 218 Å². The molecule has 0 amide bonds. The minimum Gasteiger partial charge on any atom is -0.494 e. The van der Waals surface area contributed by atoms with Crippen LogP contribution in [0.15, 0.2) is 100 Å². The molecule has 4 aromatic rings. The summed E-state index contributed by atoms with van der Waals surface area (Å²) in [6.45, 7) is 4.47. The lowest BCUT2D eigenvalue weighted by Gasteiger charge is -2.25. The largest absolute Gasteiger partial charge is 0.494 e. The van der Waals surface area contributed by atoms with Crippen LogP contribution in [0.1, 0.15) is 36.6 Å². The molecule has 5 rings (SSSR count). The average Bonchev–Trinajstić information content (AvgIpc) is 3.23. The third kappa shape index (κ3) is 4.90. The highest BCUT2D eigenvalue weighted by Gasteiger charge is 2.35. The maximum Gasteiger partial charge on any atom is 0.338 e. The van der Waals surface area contributed by atoms with Crippen LogP contribution < -0.4 is 19.6 Å². The number of nitrogens with zero attached hydrogens (tertiary/aromatic N) is 2. The molecule has 0 unspecified atom stereocenters. The van der Waals surface area contributed by atoms with Crippen molar-refractivity contribution in [2.45, 2.75) is 19.9 Å². The monoisotopic (exact) mass is 510 g/mol. The number of rotatable bonds is 7.